The van der Waals surface area contributed by atoms with Crippen molar-refractivity contribution >= 4 is 0 Å². The summed E-state index contributed by atoms with van der Waals surface area (Å²) in [5.41, 5.74) is 0. The molecule has 2 nitrogen and oxygen atoms in total. The van der Waals surface area contributed by atoms with Gasteiger partial charge in [-0.3, -0.25) is 0 Å². The minimum absolute atomic E-state index is 0.881. The minimum Gasteiger partial charge on any atom is -0.385 e. The number of ether oxygens (including phenoxy) is 1. The molecule has 3 unspecified atom stereocenters. The first-order valence-corrected chi connectivity index (χ1v) is 6.93. The van der Waals surface area contributed by atoms with E-state index >= 15 is 0 Å². The fourth-order valence-corrected chi connectivity index (χ4v) is 3.14. The summed E-state index contributed by atoms with van der Waals surface area (Å²) in [6.07, 6.45) is 8.32. The predicted octanol–water partition coefficient (Wildman–Crippen LogP) is 3.07. The third-order valence-electron chi connectivity index (χ3n) is 4.34. The number of methoxy groups -OCH3 is 1. The summed E-state index contributed by atoms with van der Waals surface area (Å²) < 4.78 is 5.24. The number of hydrogen-bond donors (Lipinski definition) is 1. The summed E-state index contributed by atoms with van der Waals surface area (Å²) in [7, 11) is 3.88. The van der Waals surface area contributed by atoms with Crippen LogP contribution in [0, 0.1) is 17.8 Å². The van der Waals surface area contributed by atoms with Crippen LogP contribution in [0.4, 0.5) is 0 Å². The molecular formula is C14H29NO. The molecule has 2 heteroatoms. The first kappa shape index (κ1) is 14.0. The lowest BCUT2D eigenvalue weighted by molar-refractivity contribution is 0.143. The molecule has 0 aliphatic heterocycles. The van der Waals surface area contributed by atoms with Crippen molar-refractivity contribution in [2.24, 2.45) is 17.8 Å². The van der Waals surface area contributed by atoms with E-state index in [0.29, 0.717) is 0 Å². The van der Waals surface area contributed by atoms with Crippen molar-refractivity contribution in [3.05, 3.63) is 0 Å². The molecule has 1 fully saturated rings. The Kier molecular flexibility index (Phi) is 7.06. The quantitative estimate of drug-likeness (QED) is 0.704. The Labute approximate surface area is 101 Å². The Balaban J connectivity index is 2.43. The van der Waals surface area contributed by atoms with Crippen LogP contribution in [0.5, 0.6) is 0 Å². The van der Waals surface area contributed by atoms with Gasteiger partial charge in [-0.05, 0) is 44.2 Å². The first-order valence-electron chi connectivity index (χ1n) is 6.93. The van der Waals surface area contributed by atoms with E-state index in [4.69, 9.17) is 4.74 Å². The van der Waals surface area contributed by atoms with Crippen LogP contribution in [0.25, 0.3) is 0 Å². The van der Waals surface area contributed by atoms with Crippen LogP contribution in [0.2, 0.25) is 0 Å². The van der Waals surface area contributed by atoms with Crippen LogP contribution in [-0.4, -0.2) is 27.3 Å². The van der Waals surface area contributed by atoms with Gasteiger partial charge in [0, 0.05) is 13.7 Å². The number of rotatable bonds is 6. The molecule has 0 aromatic heterocycles. The van der Waals surface area contributed by atoms with Gasteiger partial charge in [0.05, 0.1) is 0 Å². The third-order valence-corrected chi connectivity index (χ3v) is 4.34. The number of nitrogens with one attached hydrogen (secondary N) is 1. The fourth-order valence-electron chi connectivity index (χ4n) is 3.14. The smallest absolute Gasteiger partial charge is 0.0465 e. The Bertz CT molecular complexity index is 154. The summed E-state index contributed by atoms with van der Waals surface area (Å²) in [4.78, 5) is 0. The highest BCUT2D eigenvalue weighted by Crippen LogP contribution is 2.36. The molecule has 96 valence electrons. The van der Waals surface area contributed by atoms with Crippen molar-refractivity contribution in [2.75, 3.05) is 27.3 Å². The van der Waals surface area contributed by atoms with Crippen molar-refractivity contribution in [3.63, 3.8) is 0 Å². The second kappa shape index (κ2) is 8.08. The van der Waals surface area contributed by atoms with Crippen molar-refractivity contribution in [1.29, 1.82) is 0 Å². The highest BCUT2D eigenvalue weighted by Gasteiger charge is 2.27. The van der Waals surface area contributed by atoms with E-state index in [0.717, 1.165) is 24.4 Å². The Morgan fingerprint density at radius 3 is 2.31 bits per heavy atom. The molecule has 16 heavy (non-hydrogen) atoms. The molecule has 0 saturated heterocycles. The zero-order valence-electron chi connectivity index (χ0n) is 11.3. The minimum atomic E-state index is 0.881. The second-order valence-corrected chi connectivity index (χ2v) is 5.34. The summed E-state index contributed by atoms with van der Waals surface area (Å²) >= 11 is 0. The molecule has 0 aromatic rings. The molecule has 3 atom stereocenters. The Morgan fingerprint density at radius 2 is 1.75 bits per heavy atom. The lowest BCUT2D eigenvalue weighted by Crippen LogP contribution is -2.23. The average molecular weight is 227 g/mol. The molecule has 0 bridgehead atoms. The molecule has 0 aromatic carbocycles. The second-order valence-electron chi connectivity index (χ2n) is 5.34. The van der Waals surface area contributed by atoms with Crippen molar-refractivity contribution in [3.8, 4) is 0 Å². The van der Waals surface area contributed by atoms with Gasteiger partial charge in [0.25, 0.3) is 0 Å². The maximum absolute atomic E-state index is 5.24. The SMILES string of the molecule is CNCCC1CCCCC(CCOC)C1C. The van der Waals surface area contributed by atoms with Crippen molar-refractivity contribution < 1.29 is 4.74 Å². The van der Waals surface area contributed by atoms with Gasteiger partial charge in [0.1, 0.15) is 0 Å². The Morgan fingerprint density at radius 1 is 1.12 bits per heavy atom. The largest absolute Gasteiger partial charge is 0.385 e. The van der Waals surface area contributed by atoms with Gasteiger partial charge in [0.15, 0.2) is 0 Å². The van der Waals surface area contributed by atoms with Gasteiger partial charge in [-0.1, -0.05) is 32.6 Å². The molecule has 0 heterocycles. The lowest BCUT2D eigenvalue weighted by Gasteiger charge is -2.28. The van der Waals surface area contributed by atoms with Crippen LogP contribution >= 0.6 is 0 Å². The van der Waals surface area contributed by atoms with E-state index < -0.39 is 0 Å². The van der Waals surface area contributed by atoms with Gasteiger partial charge in [-0.15, -0.1) is 0 Å². The molecule has 1 aliphatic rings. The van der Waals surface area contributed by atoms with Crippen LogP contribution in [0.1, 0.15) is 45.4 Å². The highest BCUT2D eigenvalue weighted by molar-refractivity contribution is 4.78. The van der Waals surface area contributed by atoms with Gasteiger partial charge in [0.2, 0.25) is 0 Å². The molecular weight excluding hydrogens is 198 g/mol. The van der Waals surface area contributed by atoms with Crippen LogP contribution < -0.4 is 5.32 Å². The van der Waals surface area contributed by atoms with Crippen LogP contribution in [0.15, 0.2) is 0 Å². The van der Waals surface area contributed by atoms with E-state index in [9.17, 15) is 0 Å². The molecule has 1 rings (SSSR count). The summed E-state index contributed by atoms with van der Waals surface area (Å²) in [6.45, 7) is 4.58. The molecule has 1 saturated carbocycles. The van der Waals surface area contributed by atoms with E-state index in [-0.39, 0.29) is 0 Å². The van der Waals surface area contributed by atoms with E-state index in [1.807, 2.05) is 7.11 Å². The summed E-state index contributed by atoms with van der Waals surface area (Å²) in [5, 5.41) is 3.29. The van der Waals surface area contributed by atoms with Crippen LogP contribution in [0.3, 0.4) is 0 Å². The van der Waals surface area contributed by atoms with Gasteiger partial charge in [-0.25, -0.2) is 0 Å². The van der Waals surface area contributed by atoms with Crippen molar-refractivity contribution in [1.82, 2.24) is 5.32 Å². The fraction of sp³-hybridized carbons (Fsp3) is 1.00. The summed E-state index contributed by atoms with van der Waals surface area (Å²) in [6, 6.07) is 0. The monoisotopic (exact) mass is 227 g/mol. The zero-order chi connectivity index (χ0) is 11.8. The molecule has 0 spiro atoms. The van der Waals surface area contributed by atoms with E-state index in [1.165, 1.54) is 45.1 Å². The normalized spacial score (nSPS) is 31.3. The van der Waals surface area contributed by atoms with Gasteiger partial charge >= 0.3 is 0 Å². The van der Waals surface area contributed by atoms with E-state index in [1.54, 1.807) is 0 Å². The number of hydrogen-bond acceptors (Lipinski definition) is 2. The highest BCUT2D eigenvalue weighted by atomic mass is 16.5. The van der Waals surface area contributed by atoms with Crippen molar-refractivity contribution in [2.45, 2.75) is 45.4 Å². The standard InChI is InChI=1S/C14H29NO/c1-12-13(8-10-15-2)6-4-5-7-14(12)9-11-16-3/h12-15H,4-11H2,1-3H3. The topological polar surface area (TPSA) is 21.3 Å². The predicted molar refractivity (Wildman–Crippen MR) is 69.6 cm³/mol. The van der Waals surface area contributed by atoms with E-state index in [2.05, 4.69) is 19.3 Å². The Hall–Kier alpha value is -0.0800. The third kappa shape index (κ3) is 4.42. The average Bonchev–Trinajstić information content (AvgIpc) is 2.47. The maximum Gasteiger partial charge on any atom is 0.0465 e. The molecule has 0 amide bonds. The van der Waals surface area contributed by atoms with Crippen LogP contribution in [-0.2, 0) is 4.74 Å². The van der Waals surface area contributed by atoms with Gasteiger partial charge < -0.3 is 10.1 Å². The lowest BCUT2D eigenvalue weighted by atomic mass is 9.79. The zero-order valence-corrected chi connectivity index (χ0v) is 11.3. The van der Waals surface area contributed by atoms with Gasteiger partial charge in [-0.2, -0.15) is 0 Å². The maximum atomic E-state index is 5.24. The first-order chi connectivity index (χ1) is 7.79. The summed E-state index contributed by atoms with van der Waals surface area (Å²) in [5.74, 6) is 2.70. The molecule has 1 N–H and O–H groups in total. The molecule has 0 radical (unpaired) electrons. The molecule has 1 aliphatic carbocycles.